The Kier molecular flexibility index (Phi) is 2.02. The number of hydrogen-bond acceptors (Lipinski definition) is 3. The molecule has 0 bridgehead atoms. The molecule has 3 heteroatoms. The molecule has 0 amide bonds. The van der Waals surface area contributed by atoms with Gasteiger partial charge >= 0.3 is 0 Å². The van der Waals surface area contributed by atoms with Crippen LogP contribution in [0.5, 0.6) is 5.75 Å². The molecule has 1 saturated heterocycles. The Bertz CT molecular complexity index is 335. The van der Waals surface area contributed by atoms with E-state index < -0.39 is 0 Å². The highest BCUT2D eigenvalue weighted by Crippen LogP contribution is 2.23. The minimum absolute atomic E-state index is 0.0830. The second kappa shape index (κ2) is 3.18. The summed E-state index contributed by atoms with van der Waals surface area (Å²) in [6.07, 6.45) is 0.531. The summed E-state index contributed by atoms with van der Waals surface area (Å²) in [5, 5.41) is 12.3. The summed E-state index contributed by atoms with van der Waals surface area (Å²) in [6.45, 7) is 0.445. The van der Waals surface area contributed by atoms with Gasteiger partial charge in [-0.3, -0.25) is 4.79 Å². The highest BCUT2D eigenvalue weighted by molar-refractivity contribution is 5.83. The fraction of sp³-hybridized carbons (Fsp3) is 0.300. The molecule has 68 valence electrons. The Balaban J connectivity index is 2.21. The summed E-state index contributed by atoms with van der Waals surface area (Å²) < 4.78 is 0. The van der Waals surface area contributed by atoms with Crippen LogP contribution in [-0.4, -0.2) is 17.4 Å². The number of ketones is 1. The Morgan fingerprint density at radius 2 is 2.31 bits per heavy atom. The zero-order chi connectivity index (χ0) is 9.26. The average molecular weight is 177 g/mol. The maximum Gasteiger partial charge on any atom is 0.148 e. The molecule has 1 fully saturated rings. The summed E-state index contributed by atoms with van der Waals surface area (Å²) in [5.74, 6) is 0.479. The first kappa shape index (κ1) is 8.26. The third kappa shape index (κ3) is 1.70. The quantitative estimate of drug-likeness (QED) is 0.672. The largest absolute Gasteiger partial charge is 0.508 e. The van der Waals surface area contributed by atoms with Crippen LogP contribution in [0.1, 0.15) is 18.0 Å². The van der Waals surface area contributed by atoms with Crippen molar-refractivity contribution in [2.24, 2.45) is 0 Å². The van der Waals surface area contributed by atoms with Crippen LogP contribution < -0.4 is 5.32 Å². The number of nitrogens with one attached hydrogen (secondary N) is 1. The topological polar surface area (TPSA) is 49.3 Å². The first-order chi connectivity index (χ1) is 6.25. The Labute approximate surface area is 76.4 Å². The minimum Gasteiger partial charge on any atom is -0.508 e. The zero-order valence-electron chi connectivity index (χ0n) is 7.16. The first-order valence-electron chi connectivity index (χ1n) is 4.30. The summed E-state index contributed by atoms with van der Waals surface area (Å²) in [7, 11) is 0. The van der Waals surface area contributed by atoms with E-state index in [9.17, 15) is 9.90 Å². The number of hydrogen-bond donors (Lipinski definition) is 2. The van der Waals surface area contributed by atoms with Crippen LogP contribution in [0, 0.1) is 0 Å². The highest BCUT2D eigenvalue weighted by Gasteiger charge is 2.22. The monoisotopic (exact) mass is 177 g/mol. The molecule has 1 aliphatic heterocycles. The van der Waals surface area contributed by atoms with Crippen LogP contribution in [-0.2, 0) is 4.79 Å². The van der Waals surface area contributed by atoms with Gasteiger partial charge in [0, 0.05) is 12.5 Å². The molecule has 0 spiro atoms. The third-order valence-corrected chi connectivity index (χ3v) is 2.25. The number of phenolic OH excluding ortho intramolecular Hbond substituents is 1. The van der Waals surface area contributed by atoms with Gasteiger partial charge in [-0.1, -0.05) is 12.1 Å². The van der Waals surface area contributed by atoms with Crippen LogP contribution in [0.2, 0.25) is 0 Å². The van der Waals surface area contributed by atoms with Crippen LogP contribution >= 0.6 is 0 Å². The summed E-state index contributed by atoms with van der Waals surface area (Å²) in [4.78, 5) is 11.0. The van der Waals surface area contributed by atoms with E-state index in [4.69, 9.17) is 0 Å². The van der Waals surface area contributed by atoms with Crippen molar-refractivity contribution >= 4 is 5.78 Å². The smallest absolute Gasteiger partial charge is 0.148 e. The molecule has 0 aliphatic carbocycles. The van der Waals surface area contributed by atoms with Gasteiger partial charge in [-0.05, 0) is 17.7 Å². The molecular formula is C10H11NO2. The van der Waals surface area contributed by atoms with E-state index in [1.807, 2.05) is 6.07 Å². The number of benzene rings is 1. The number of Topliss-reactive ketones (excluding diaryl/α,β-unsaturated/α-hetero) is 1. The molecule has 3 nitrogen and oxygen atoms in total. The van der Waals surface area contributed by atoms with E-state index in [-0.39, 0.29) is 17.6 Å². The van der Waals surface area contributed by atoms with Crippen LogP contribution in [0.25, 0.3) is 0 Å². The van der Waals surface area contributed by atoms with Gasteiger partial charge in [0.15, 0.2) is 0 Å². The van der Waals surface area contributed by atoms with Gasteiger partial charge in [0.25, 0.3) is 0 Å². The van der Waals surface area contributed by atoms with Crippen LogP contribution in [0.15, 0.2) is 24.3 Å². The van der Waals surface area contributed by atoms with Crippen molar-refractivity contribution in [3.63, 3.8) is 0 Å². The van der Waals surface area contributed by atoms with Crippen molar-refractivity contribution in [1.29, 1.82) is 0 Å². The third-order valence-electron chi connectivity index (χ3n) is 2.25. The Morgan fingerprint density at radius 1 is 1.46 bits per heavy atom. The van der Waals surface area contributed by atoms with E-state index in [2.05, 4.69) is 5.32 Å². The molecular weight excluding hydrogens is 166 g/mol. The summed E-state index contributed by atoms with van der Waals surface area (Å²) >= 11 is 0. The Morgan fingerprint density at radius 3 is 2.92 bits per heavy atom. The van der Waals surface area contributed by atoms with E-state index in [0.717, 1.165) is 5.56 Å². The van der Waals surface area contributed by atoms with E-state index in [0.29, 0.717) is 13.0 Å². The molecule has 1 aliphatic rings. The molecule has 0 aromatic heterocycles. The molecule has 1 unspecified atom stereocenters. The lowest BCUT2D eigenvalue weighted by Crippen LogP contribution is -2.13. The number of rotatable bonds is 1. The molecule has 1 heterocycles. The standard InChI is InChI=1S/C10H11NO2/c12-8-3-1-2-7(4-8)10-5-9(13)6-11-10/h1-4,10-12H,5-6H2. The number of carbonyl (C=O) groups is 1. The van der Waals surface area contributed by atoms with Gasteiger partial charge in [-0.15, -0.1) is 0 Å². The SMILES string of the molecule is O=C1CNC(c2cccc(O)c2)C1. The van der Waals surface area contributed by atoms with Crippen molar-refractivity contribution in [2.75, 3.05) is 6.54 Å². The molecule has 13 heavy (non-hydrogen) atoms. The maximum absolute atomic E-state index is 11.0. The van der Waals surface area contributed by atoms with Crippen molar-refractivity contribution in [1.82, 2.24) is 5.32 Å². The molecule has 2 N–H and O–H groups in total. The van der Waals surface area contributed by atoms with E-state index in [1.54, 1.807) is 18.2 Å². The second-order valence-corrected chi connectivity index (χ2v) is 3.27. The van der Waals surface area contributed by atoms with Crippen LogP contribution in [0.4, 0.5) is 0 Å². The van der Waals surface area contributed by atoms with Gasteiger partial charge in [0.1, 0.15) is 11.5 Å². The first-order valence-corrected chi connectivity index (χ1v) is 4.30. The van der Waals surface area contributed by atoms with Crippen molar-refractivity contribution in [3.8, 4) is 5.75 Å². The number of aromatic hydroxyl groups is 1. The second-order valence-electron chi connectivity index (χ2n) is 3.27. The lowest BCUT2D eigenvalue weighted by Gasteiger charge is -2.08. The molecule has 1 aromatic rings. The molecule has 0 saturated carbocycles. The van der Waals surface area contributed by atoms with Crippen molar-refractivity contribution in [3.05, 3.63) is 29.8 Å². The summed E-state index contributed by atoms with van der Waals surface area (Å²) in [5.41, 5.74) is 0.978. The molecule has 0 radical (unpaired) electrons. The van der Waals surface area contributed by atoms with E-state index in [1.165, 1.54) is 0 Å². The number of carbonyl (C=O) groups excluding carboxylic acids is 1. The normalized spacial score (nSPS) is 22.2. The molecule has 1 atom stereocenters. The predicted octanol–water partition coefficient (Wildman–Crippen LogP) is 0.996. The minimum atomic E-state index is 0.0830. The predicted molar refractivity (Wildman–Crippen MR) is 48.5 cm³/mol. The zero-order valence-corrected chi connectivity index (χ0v) is 7.16. The van der Waals surface area contributed by atoms with Gasteiger partial charge in [-0.2, -0.15) is 0 Å². The summed E-state index contributed by atoms with van der Waals surface area (Å²) in [6, 6.07) is 7.10. The highest BCUT2D eigenvalue weighted by atomic mass is 16.3. The lowest BCUT2D eigenvalue weighted by atomic mass is 10.1. The fourth-order valence-corrected chi connectivity index (χ4v) is 1.59. The molecule has 1 aromatic carbocycles. The average Bonchev–Trinajstić information content (AvgIpc) is 2.52. The van der Waals surface area contributed by atoms with Crippen molar-refractivity contribution < 1.29 is 9.90 Å². The van der Waals surface area contributed by atoms with Gasteiger partial charge in [0.2, 0.25) is 0 Å². The lowest BCUT2D eigenvalue weighted by molar-refractivity contribution is -0.116. The Hall–Kier alpha value is -1.35. The van der Waals surface area contributed by atoms with Gasteiger partial charge in [-0.25, -0.2) is 0 Å². The van der Waals surface area contributed by atoms with E-state index >= 15 is 0 Å². The molecule has 2 rings (SSSR count). The number of phenols is 1. The van der Waals surface area contributed by atoms with Crippen LogP contribution in [0.3, 0.4) is 0 Å². The van der Waals surface area contributed by atoms with Gasteiger partial charge < -0.3 is 10.4 Å². The van der Waals surface area contributed by atoms with Gasteiger partial charge in [0.05, 0.1) is 6.54 Å². The maximum atomic E-state index is 11.0. The van der Waals surface area contributed by atoms with Crippen molar-refractivity contribution in [2.45, 2.75) is 12.5 Å². The fourth-order valence-electron chi connectivity index (χ4n) is 1.59.